The molecule has 0 bridgehead atoms. The van der Waals surface area contributed by atoms with Gasteiger partial charge in [0.05, 0.1) is 17.7 Å². The Labute approximate surface area is 126 Å². The third-order valence-corrected chi connectivity index (χ3v) is 3.85. The summed E-state index contributed by atoms with van der Waals surface area (Å²) in [5.74, 6) is -0.604. The molecular formula is C16H14FN3O2. The van der Waals surface area contributed by atoms with Gasteiger partial charge in [-0.1, -0.05) is 12.1 Å². The van der Waals surface area contributed by atoms with Gasteiger partial charge in [0.2, 0.25) is 0 Å². The van der Waals surface area contributed by atoms with Gasteiger partial charge in [-0.15, -0.1) is 0 Å². The molecule has 6 heteroatoms. The molecule has 2 N–H and O–H groups in total. The number of benzene rings is 1. The van der Waals surface area contributed by atoms with Crippen molar-refractivity contribution in [2.75, 3.05) is 6.54 Å². The molecule has 0 aliphatic carbocycles. The molecule has 1 aliphatic rings. The van der Waals surface area contributed by atoms with Crippen LogP contribution in [0.3, 0.4) is 0 Å². The smallest absolute Gasteiger partial charge is 0.256 e. The zero-order valence-corrected chi connectivity index (χ0v) is 11.7. The highest BCUT2D eigenvalue weighted by Crippen LogP contribution is 2.33. The van der Waals surface area contributed by atoms with Crippen molar-refractivity contribution in [1.82, 2.24) is 9.88 Å². The van der Waals surface area contributed by atoms with Crippen molar-refractivity contribution >= 4 is 5.91 Å². The summed E-state index contributed by atoms with van der Waals surface area (Å²) in [6.07, 6.45) is 1.27. The number of H-pyrrole nitrogens is 1. The van der Waals surface area contributed by atoms with E-state index in [-0.39, 0.29) is 24.3 Å². The number of hydrogen-bond acceptors (Lipinski definition) is 3. The zero-order chi connectivity index (χ0) is 15.7. The van der Waals surface area contributed by atoms with E-state index >= 15 is 0 Å². The minimum absolute atomic E-state index is 0.216. The Bertz CT molecular complexity index is 733. The fourth-order valence-corrected chi connectivity index (χ4v) is 2.79. The van der Waals surface area contributed by atoms with E-state index in [0.29, 0.717) is 17.7 Å². The maximum Gasteiger partial charge on any atom is 0.256 e. The van der Waals surface area contributed by atoms with Crippen LogP contribution in [-0.2, 0) is 0 Å². The number of carbonyl (C=O) groups is 1. The number of aliphatic hydroxyl groups excluding tert-OH is 1. The lowest BCUT2D eigenvalue weighted by Gasteiger charge is -2.24. The normalized spacial score (nSPS) is 20.9. The second-order valence-electron chi connectivity index (χ2n) is 5.33. The van der Waals surface area contributed by atoms with E-state index in [9.17, 15) is 14.3 Å². The number of nitriles is 1. The van der Waals surface area contributed by atoms with E-state index in [2.05, 4.69) is 4.98 Å². The Morgan fingerprint density at radius 1 is 1.41 bits per heavy atom. The highest BCUT2D eigenvalue weighted by atomic mass is 19.1. The fraction of sp³-hybridized carbons (Fsp3) is 0.250. The van der Waals surface area contributed by atoms with Crippen LogP contribution in [0.4, 0.5) is 4.39 Å². The number of likely N-dealkylation sites (tertiary alicyclic amines) is 1. The third kappa shape index (κ3) is 2.59. The molecular weight excluding hydrogens is 285 g/mol. The number of amides is 1. The minimum Gasteiger partial charge on any atom is -0.391 e. The van der Waals surface area contributed by atoms with Crippen molar-refractivity contribution in [3.63, 3.8) is 0 Å². The van der Waals surface area contributed by atoms with Crippen molar-refractivity contribution in [3.05, 3.63) is 59.2 Å². The standard InChI is InChI=1S/C16H14FN3O2/c17-12-3-1-10(2-4-12)15-6-14(21)9-20(15)16(22)11-5-13(7-18)19-8-11/h1-5,8,14-15,19,21H,6,9H2/t14-,15-/m1/s1. The number of β-amino-alcohol motifs (C(OH)–C–C–N with tert-alkyl or cyclic N) is 1. The summed E-state index contributed by atoms with van der Waals surface area (Å²) in [7, 11) is 0. The first kappa shape index (κ1) is 14.3. The number of aromatic amines is 1. The highest BCUT2D eigenvalue weighted by molar-refractivity contribution is 5.95. The number of carbonyl (C=O) groups excluding carboxylic acids is 1. The lowest BCUT2D eigenvalue weighted by Crippen LogP contribution is -2.31. The maximum atomic E-state index is 13.0. The van der Waals surface area contributed by atoms with Gasteiger partial charge < -0.3 is 15.0 Å². The van der Waals surface area contributed by atoms with Crippen LogP contribution in [0.25, 0.3) is 0 Å². The van der Waals surface area contributed by atoms with Gasteiger partial charge in [0, 0.05) is 12.7 Å². The van der Waals surface area contributed by atoms with Gasteiger partial charge in [-0.2, -0.15) is 5.26 Å². The third-order valence-electron chi connectivity index (χ3n) is 3.85. The molecule has 2 aromatic rings. The van der Waals surface area contributed by atoms with Crippen molar-refractivity contribution in [1.29, 1.82) is 5.26 Å². The van der Waals surface area contributed by atoms with Crippen LogP contribution in [0.1, 0.15) is 34.1 Å². The monoisotopic (exact) mass is 299 g/mol. The highest BCUT2D eigenvalue weighted by Gasteiger charge is 2.36. The number of rotatable bonds is 2. The first-order valence-electron chi connectivity index (χ1n) is 6.91. The van der Waals surface area contributed by atoms with E-state index in [4.69, 9.17) is 5.26 Å². The van der Waals surface area contributed by atoms with Gasteiger partial charge in [0.25, 0.3) is 5.91 Å². The molecule has 112 valence electrons. The Hall–Kier alpha value is -2.65. The Kier molecular flexibility index (Phi) is 3.65. The summed E-state index contributed by atoms with van der Waals surface area (Å²) in [6, 6.07) is 9.03. The Morgan fingerprint density at radius 3 is 2.77 bits per heavy atom. The summed E-state index contributed by atoms with van der Waals surface area (Å²) < 4.78 is 13.0. The first-order chi connectivity index (χ1) is 10.6. The molecule has 1 aromatic carbocycles. The number of nitrogens with one attached hydrogen (secondary N) is 1. The van der Waals surface area contributed by atoms with Crippen LogP contribution >= 0.6 is 0 Å². The van der Waals surface area contributed by atoms with Crippen molar-refractivity contribution in [3.8, 4) is 6.07 Å². The summed E-state index contributed by atoms with van der Waals surface area (Å²) in [4.78, 5) is 16.9. The number of nitrogens with zero attached hydrogens (tertiary/aromatic N) is 2. The molecule has 22 heavy (non-hydrogen) atoms. The molecule has 0 spiro atoms. The molecule has 3 rings (SSSR count). The van der Waals surface area contributed by atoms with Gasteiger partial charge in [0.15, 0.2) is 0 Å². The average molecular weight is 299 g/mol. The predicted octanol–water partition coefficient (Wildman–Crippen LogP) is 1.97. The van der Waals surface area contributed by atoms with Crippen LogP contribution in [0.15, 0.2) is 36.5 Å². The molecule has 0 saturated carbocycles. The Morgan fingerprint density at radius 2 is 2.14 bits per heavy atom. The van der Waals surface area contributed by atoms with Crippen molar-refractivity contribution in [2.45, 2.75) is 18.6 Å². The SMILES string of the molecule is N#Cc1cc(C(=O)N2C[C@H](O)C[C@@H]2c2ccc(F)cc2)c[nH]1. The van der Waals surface area contributed by atoms with Gasteiger partial charge in [-0.05, 0) is 30.2 Å². The molecule has 1 saturated heterocycles. The topological polar surface area (TPSA) is 80.1 Å². The number of halogens is 1. The van der Waals surface area contributed by atoms with Crippen molar-refractivity contribution in [2.24, 2.45) is 0 Å². The number of hydrogen-bond donors (Lipinski definition) is 2. The summed E-state index contributed by atoms with van der Waals surface area (Å²) >= 11 is 0. The second kappa shape index (κ2) is 5.62. The molecule has 0 radical (unpaired) electrons. The molecule has 1 amide bonds. The molecule has 1 aliphatic heterocycles. The van der Waals surface area contributed by atoms with Gasteiger partial charge in [-0.3, -0.25) is 4.79 Å². The lowest BCUT2D eigenvalue weighted by atomic mass is 10.0. The van der Waals surface area contributed by atoms with Gasteiger partial charge in [-0.25, -0.2) is 4.39 Å². The molecule has 1 aromatic heterocycles. The summed E-state index contributed by atoms with van der Waals surface area (Å²) in [6.45, 7) is 0.216. The molecule has 5 nitrogen and oxygen atoms in total. The fourth-order valence-electron chi connectivity index (χ4n) is 2.79. The largest absolute Gasteiger partial charge is 0.391 e. The number of aromatic nitrogens is 1. The van der Waals surface area contributed by atoms with E-state index in [1.54, 1.807) is 17.0 Å². The summed E-state index contributed by atoms with van der Waals surface area (Å²) in [5.41, 5.74) is 1.46. The van der Waals surface area contributed by atoms with E-state index in [1.807, 2.05) is 6.07 Å². The zero-order valence-electron chi connectivity index (χ0n) is 11.7. The second-order valence-corrected chi connectivity index (χ2v) is 5.33. The van der Waals surface area contributed by atoms with Crippen LogP contribution in [-0.4, -0.2) is 33.5 Å². The van der Waals surface area contributed by atoms with Crippen LogP contribution in [0.5, 0.6) is 0 Å². The van der Waals surface area contributed by atoms with Crippen LogP contribution in [0.2, 0.25) is 0 Å². The van der Waals surface area contributed by atoms with Crippen LogP contribution < -0.4 is 0 Å². The molecule has 2 atom stereocenters. The van der Waals surface area contributed by atoms with Gasteiger partial charge in [0.1, 0.15) is 17.6 Å². The molecule has 0 unspecified atom stereocenters. The summed E-state index contributed by atoms with van der Waals surface area (Å²) in [5, 5.41) is 18.7. The van der Waals surface area contributed by atoms with E-state index in [0.717, 1.165) is 5.56 Å². The van der Waals surface area contributed by atoms with Crippen LogP contribution in [0, 0.1) is 17.1 Å². The Balaban J connectivity index is 1.88. The van der Waals surface area contributed by atoms with Gasteiger partial charge >= 0.3 is 0 Å². The van der Waals surface area contributed by atoms with E-state index in [1.165, 1.54) is 24.4 Å². The minimum atomic E-state index is -0.617. The van der Waals surface area contributed by atoms with E-state index < -0.39 is 6.10 Å². The number of aliphatic hydroxyl groups is 1. The maximum absolute atomic E-state index is 13.0. The average Bonchev–Trinajstić information content (AvgIpc) is 3.14. The molecule has 2 heterocycles. The lowest BCUT2D eigenvalue weighted by molar-refractivity contribution is 0.0716. The quantitative estimate of drug-likeness (QED) is 0.889. The first-order valence-corrected chi connectivity index (χ1v) is 6.91. The van der Waals surface area contributed by atoms with Crippen molar-refractivity contribution < 1.29 is 14.3 Å². The predicted molar refractivity (Wildman–Crippen MR) is 76.3 cm³/mol. The molecule has 1 fully saturated rings.